The number of carbonyl (C=O) groups is 2. The highest BCUT2D eigenvalue weighted by Gasteiger charge is 2.35. The van der Waals surface area contributed by atoms with Crippen molar-refractivity contribution >= 4 is 12.4 Å². The largest absolute Gasteiger partial charge is 0.573 e. The third-order valence-electron chi connectivity index (χ3n) is 2.51. The maximum absolute atomic E-state index is 12.3. The summed E-state index contributed by atoms with van der Waals surface area (Å²) in [6, 6.07) is 3.27. The minimum Gasteiger partial charge on any atom is -0.479 e. The van der Waals surface area contributed by atoms with E-state index in [0.29, 0.717) is 0 Å². The summed E-state index contributed by atoms with van der Waals surface area (Å²) in [6.45, 7) is 1.54. The van der Waals surface area contributed by atoms with E-state index < -0.39 is 24.1 Å². The molecule has 0 saturated carbocycles. The molecule has 1 aromatic carbocycles. The Hall–Kier alpha value is -2.25. The van der Waals surface area contributed by atoms with Crippen LogP contribution in [0.4, 0.5) is 13.2 Å². The molecule has 20 heavy (non-hydrogen) atoms. The lowest BCUT2D eigenvalue weighted by Gasteiger charge is -2.25. The number of nitrogens with zero attached hydrogens (tertiary/aromatic N) is 1. The topological polar surface area (TPSA) is 66.8 Å². The number of carboxylic acids is 1. The van der Waals surface area contributed by atoms with Gasteiger partial charge in [-0.1, -0.05) is 18.2 Å². The van der Waals surface area contributed by atoms with Gasteiger partial charge in [-0.15, -0.1) is 13.2 Å². The summed E-state index contributed by atoms with van der Waals surface area (Å²) >= 11 is 0. The molecular formula is C12H12F3NO4. The molecule has 1 N–H and O–H groups in total. The molecule has 5 nitrogen and oxygen atoms in total. The van der Waals surface area contributed by atoms with Crippen molar-refractivity contribution in [2.75, 3.05) is 6.54 Å². The van der Waals surface area contributed by atoms with Gasteiger partial charge >= 0.3 is 12.3 Å². The lowest BCUT2D eigenvalue weighted by Crippen LogP contribution is -2.33. The number of para-hydroxylation sites is 1. The number of hydrogen-bond acceptors (Lipinski definition) is 3. The Morgan fingerprint density at radius 2 is 2.05 bits per heavy atom. The van der Waals surface area contributed by atoms with E-state index in [-0.39, 0.29) is 18.5 Å². The van der Waals surface area contributed by atoms with Gasteiger partial charge in [0.15, 0.2) is 6.04 Å². The Bertz CT molecular complexity index is 490. The summed E-state index contributed by atoms with van der Waals surface area (Å²) < 4.78 is 40.7. The van der Waals surface area contributed by atoms with E-state index in [2.05, 4.69) is 4.74 Å². The van der Waals surface area contributed by atoms with Crippen LogP contribution in [-0.2, 0) is 9.59 Å². The molecule has 1 atom stereocenters. The predicted octanol–water partition coefficient (Wildman–Crippen LogP) is 2.19. The van der Waals surface area contributed by atoms with E-state index in [4.69, 9.17) is 5.11 Å². The summed E-state index contributed by atoms with van der Waals surface area (Å²) in [5.41, 5.74) is -0.244. The van der Waals surface area contributed by atoms with Gasteiger partial charge in [-0.3, -0.25) is 4.79 Å². The summed E-state index contributed by atoms with van der Waals surface area (Å²) in [6.07, 6.45) is -4.68. The molecule has 1 rings (SSSR count). The zero-order valence-electron chi connectivity index (χ0n) is 10.4. The normalized spacial score (nSPS) is 12.6. The lowest BCUT2D eigenvalue weighted by atomic mass is 10.0. The fourth-order valence-corrected chi connectivity index (χ4v) is 1.70. The van der Waals surface area contributed by atoms with Crippen LogP contribution < -0.4 is 4.74 Å². The van der Waals surface area contributed by atoms with E-state index >= 15 is 0 Å². The average molecular weight is 291 g/mol. The van der Waals surface area contributed by atoms with Gasteiger partial charge in [-0.2, -0.15) is 0 Å². The molecule has 110 valence electrons. The monoisotopic (exact) mass is 291 g/mol. The molecule has 8 heteroatoms. The number of hydrogen-bond donors (Lipinski definition) is 1. The summed E-state index contributed by atoms with van der Waals surface area (Å²) in [7, 11) is 0. The van der Waals surface area contributed by atoms with Gasteiger partial charge in [-0.05, 0) is 13.0 Å². The minimum atomic E-state index is -4.95. The van der Waals surface area contributed by atoms with Gasteiger partial charge < -0.3 is 14.7 Å². The van der Waals surface area contributed by atoms with Crippen LogP contribution in [0.25, 0.3) is 0 Å². The zero-order valence-corrected chi connectivity index (χ0v) is 10.4. The van der Waals surface area contributed by atoms with Crippen molar-refractivity contribution in [3.63, 3.8) is 0 Å². The van der Waals surface area contributed by atoms with Gasteiger partial charge in [-0.25, -0.2) is 4.79 Å². The van der Waals surface area contributed by atoms with Crippen molar-refractivity contribution in [1.82, 2.24) is 4.90 Å². The van der Waals surface area contributed by atoms with Crippen molar-refractivity contribution in [3.05, 3.63) is 29.8 Å². The first-order valence-electron chi connectivity index (χ1n) is 5.58. The summed E-state index contributed by atoms with van der Waals surface area (Å²) in [4.78, 5) is 23.0. The maximum atomic E-state index is 12.3. The number of carboxylic acid groups (broad SMARTS) is 1. The van der Waals surface area contributed by atoms with Crippen LogP contribution in [0.1, 0.15) is 18.5 Å². The van der Waals surface area contributed by atoms with Crippen LogP contribution >= 0.6 is 0 Å². The van der Waals surface area contributed by atoms with E-state index in [1.165, 1.54) is 25.1 Å². The number of carbonyl (C=O) groups excluding carboxylic acids is 1. The smallest absolute Gasteiger partial charge is 0.479 e. The summed E-state index contributed by atoms with van der Waals surface area (Å²) in [5.74, 6) is -2.09. The standard InChI is InChI=1S/C12H12F3NO4/c1-2-16(7-17)10(11(18)19)8-5-3-4-6-9(8)20-12(13,14)15/h3-7,10H,2H2,1H3,(H,18,19). The number of likely N-dealkylation sites (N-methyl/N-ethyl adjacent to an activating group) is 1. The third-order valence-corrected chi connectivity index (χ3v) is 2.51. The Kier molecular flexibility index (Phi) is 4.95. The van der Waals surface area contributed by atoms with Crippen molar-refractivity contribution in [2.45, 2.75) is 19.3 Å². The first-order valence-corrected chi connectivity index (χ1v) is 5.58. The zero-order chi connectivity index (χ0) is 15.3. The number of aliphatic carboxylic acids is 1. The van der Waals surface area contributed by atoms with Crippen molar-refractivity contribution in [3.8, 4) is 5.75 Å². The molecule has 0 fully saturated rings. The Labute approximate surface area is 112 Å². The molecule has 0 saturated heterocycles. The average Bonchev–Trinajstić information content (AvgIpc) is 2.34. The van der Waals surface area contributed by atoms with Gasteiger partial charge in [0, 0.05) is 12.1 Å². The minimum absolute atomic E-state index is 0.0286. The van der Waals surface area contributed by atoms with Crippen LogP contribution in [0.2, 0.25) is 0 Å². The van der Waals surface area contributed by atoms with E-state index in [1.54, 1.807) is 0 Å². The summed E-state index contributed by atoms with van der Waals surface area (Å²) in [5, 5.41) is 9.14. The molecule has 0 radical (unpaired) electrons. The van der Waals surface area contributed by atoms with E-state index in [0.717, 1.165) is 11.0 Å². The third kappa shape index (κ3) is 3.87. The second kappa shape index (κ2) is 6.27. The van der Waals surface area contributed by atoms with Crippen LogP contribution in [0.15, 0.2) is 24.3 Å². The number of halogens is 3. The van der Waals surface area contributed by atoms with Crippen molar-refractivity contribution < 1.29 is 32.6 Å². The van der Waals surface area contributed by atoms with Crippen LogP contribution in [0, 0.1) is 0 Å². The molecule has 1 amide bonds. The highest BCUT2D eigenvalue weighted by Crippen LogP contribution is 2.32. The Balaban J connectivity index is 3.27. The molecule has 0 aliphatic carbocycles. The maximum Gasteiger partial charge on any atom is 0.573 e. The first kappa shape index (κ1) is 15.8. The molecule has 1 aromatic rings. The highest BCUT2D eigenvalue weighted by molar-refractivity contribution is 5.79. The SMILES string of the molecule is CCN(C=O)C(C(=O)O)c1ccccc1OC(F)(F)F. The fraction of sp³-hybridized carbons (Fsp3) is 0.333. The molecular weight excluding hydrogens is 279 g/mol. The molecule has 0 spiro atoms. The van der Waals surface area contributed by atoms with Gasteiger partial charge in [0.1, 0.15) is 5.75 Å². The quantitative estimate of drug-likeness (QED) is 0.816. The molecule has 0 bridgehead atoms. The predicted molar refractivity (Wildman–Crippen MR) is 61.9 cm³/mol. The molecule has 0 aromatic heterocycles. The molecule has 0 heterocycles. The highest BCUT2D eigenvalue weighted by atomic mass is 19.4. The molecule has 0 aliphatic heterocycles. The number of benzene rings is 1. The first-order chi connectivity index (χ1) is 9.30. The lowest BCUT2D eigenvalue weighted by molar-refractivity contribution is -0.275. The number of ether oxygens (including phenoxy) is 1. The fourth-order valence-electron chi connectivity index (χ4n) is 1.70. The van der Waals surface area contributed by atoms with Crippen LogP contribution in [-0.4, -0.2) is 35.3 Å². The number of alkyl halides is 3. The van der Waals surface area contributed by atoms with E-state index in [1.807, 2.05) is 0 Å². The van der Waals surface area contributed by atoms with Crippen LogP contribution in [0.3, 0.4) is 0 Å². The Morgan fingerprint density at radius 1 is 1.45 bits per heavy atom. The Morgan fingerprint density at radius 3 is 2.50 bits per heavy atom. The van der Waals surface area contributed by atoms with Crippen molar-refractivity contribution in [1.29, 1.82) is 0 Å². The van der Waals surface area contributed by atoms with Gasteiger partial charge in [0.05, 0.1) is 0 Å². The van der Waals surface area contributed by atoms with Gasteiger partial charge in [0.2, 0.25) is 6.41 Å². The van der Waals surface area contributed by atoms with Crippen molar-refractivity contribution in [2.24, 2.45) is 0 Å². The second-order valence-electron chi connectivity index (χ2n) is 3.76. The van der Waals surface area contributed by atoms with Gasteiger partial charge in [0.25, 0.3) is 0 Å². The number of amides is 1. The molecule has 1 unspecified atom stereocenters. The van der Waals surface area contributed by atoms with E-state index in [9.17, 15) is 22.8 Å². The number of rotatable bonds is 6. The van der Waals surface area contributed by atoms with Crippen LogP contribution in [0.5, 0.6) is 5.75 Å². The second-order valence-corrected chi connectivity index (χ2v) is 3.76. The molecule has 0 aliphatic rings.